The number of carbonyl (C=O) groups is 1. The van der Waals surface area contributed by atoms with E-state index in [1.807, 2.05) is 49.8 Å². The Labute approximate surface area is 157 Å². The summed E-state index contributed by atoms with van der Waals surface area (Å²) < 4.78 is 0. The van der Waals surface area contributed by atoms with Gasteiger partial charge in [-0.25, -0.2) is 4.98 Å². The highest BCUT2D eigenvalue weighted by molar-refractivity contribution is 7.13. The van der Waals surface area contributed by atoms with Crippen LogP contribution in [0.2, 0.25) is 0 Å². The van der Waals surface area contributed by atoms with Gasteiger partial charge >= 0.3 is 0 Å². The number of hydrogen-bond acceptors (Lipinski definition) is 5. The standard InChI is InChI=1S/C20H22N4OS/c1-24(2)18(15-7-4-3-5-8-15)13-22-19(25)11-17-14-26-20(23-17)16-9-6-10-21-12-16/h3-10,12,14,18H,11,13H2,1-2H3,(H,22,25). The Hall–Kier alpha value is -2.57. The zero-order valence-electron chi connectivity index (χ0n) is 14.9. The van der Waals surface area contributed by atoms with Gasteiger partial charge in [-0.2, -0.15) is 0 Å². The van der Waals surface area contributed by atoms with Crippen LogP contribution < -0.4 is 5.32 Å². The van der Waals surface area contributed by atoms with Crippen molar-refractivity contribution >= 4 is 17.2 Å². The van der Waals surface area contributed by atoms with Crippen LogP contribution >= 0.6 is 11.3 Å². The normalized spacial score (nSPS) is 12.1. The first-order valence-electron chi connectivity index (χ1n) is 8.46. The lowest BCUT2D eigenvalue weighted by Gasteiger charge is -2.25. The zero-order chi connectivity index (χ0) is 18.4. The van der Waals surface area contributed by atoms with E-state index in [0.717, 1.165) is 16.3 Å². The van der Waals surface area contributed by atoms with E-state index in [1.165, 1.54) is 16.9 Å². The number of nitrogens with zero attached hydrogens (tertiary/aromatic N) is 3. The molecule has 1 amide bonds. The van der Waals surface area contributed by atoms with Crippen molar-refractivity contribution < 1.29 is 4.79 Å². The summed E-state index contributed by atoms with van der Waals surface area (Å²) in [7, 11) is 4.04. The number of aromatic nitrogens is 2. The molecule has 0 saturated heterocycles. The third kappa shape index (κ3) is 4.74. The molecule has 0 aliphatic carbocycles. The number of likely N-dealkylation sites (N-methyl/N-ethyl adjacent to an activating group) is 1. The maximum absolute atomic E-state index is 12.3. The quantitative estimate of drug-likeness (QED) is 0.698. The van der Waals surface area contributed by atoms with E-state index in [-0.39, 0.29) is 18.4 Å². The molecule has 0 aliphatic rings. The lowest BCUT2D eigenvalue weighted by Crippen LogP contribution is -2.35. The molecule has 5 nitrogen and oxygen atoms in total. The molecule has 3 rings (SSSR count). The topological polar surface area (TPSA) is 58.1 Å². The Balaban J connectivity index is 1.58. The van der Waals surface area contributed by atoms with E-state index in [9.17, 15) is 4.79 Å². The molecule has 0 radical (unpaired) electrons. The zero-order valence-corrected chi connectivity index (χ0v) is 15.7. The van der Waals surface area contributed by atoms with E-state index in [2.05, 4.69) is 32.3 Å². The fourth-order valence-electron chi connectivity index (χ4n) is 2.72. The predicted octanol–water partition coefficient (Wildman–Crippen LogP) is 3.17. The molecule has 1 aromatic carbocycles. The molecule has 1 unspecified atom stereocenters. The van der Waals surface area contributed by atoms with E-state index in [0.29, 0.717) is 6.54 Å². The van der Waals surface area contributed by atoms with Crippen molar-refractivity contribution in [2.75, 3.05) is 20.6 Å². The highest BCUT2D eigenvalue weighted by atomic mass is 32.1. The number of amides is 1. The van der Waals surface area contributed by atoms with Crippen LogP contribution in [-0.4, -0.2) is 41.4 Å². The van der Waals surface area contributed by atoms with Crippen molar-refractivity contribution in [3.8, 4) is 10.6 Å². The van der Waals surface area contributed by atoms with Crippen LogP contribution in [0.25, 0.3) is 10.6 Å². The molecule has 3 aromatic rings. The lowest BCUT2D eigenvalue weighted by molar-refractivity contribution is -0.120. The highest BCUT2D eigenvalue weighted by Crippen LogP contribution is 2.23. The van der Waals surface area contributed by atoms with Crippen molar-refractivity contribution in [3.63, 3.8) is 0 Å². The van der Waals surface area contributed by atoms with Crippen LogP contribution in [0.1, 0.15) is 17.3 Å². The molecular formula is C20H22N4OS. The van der Waals surface area contributed by atoms with E-state index < -0.39 is 0 Å². The fourth-order valence-corrected chi connectivity index (χ4v) is 3.53. The third-order valence-corrected chi connectivity index (χ3v) is 5.04. The van der Waals surface area contributed by atoms with Gasteiger partial charge in [0.05, 0.1) is 18.2 Å². The maximum atomic E-state index is 12.3. The number of hydrogen-bond donors (Lipinski definition) is 1. The predicted molar refractivity (Wildman–Crippen MR) is 105 cm³/mol. The Kier molecular flexibility index (Phi) is 6.09. The van der Waals surface area contributed by atoms with Crippen molar-refractivity contribution in [1.82, 2.24) is 20.2 Å². The molecule has 134 valence electrons. The Morgan fingerprint density at radius 2 is 2.00 bits per heavy atom. The second-order valence-electron chi connectivity index (χ2n) is 6.26. The molecule has 1 atom stereocenters. The van der Waals surface area contributed by atoms with Crippen LogP contribution in [-0.2, 0) is 11.2 Å². The van der Waals surface area contributed by atoms with Gasteiger partial charge in [-0.1, -0.05) is 30.3 Å². The van der Waals surface area contributed by atoms with E-state index >= 15 is 0 Å². The van der Waals surface area contributed by atoms with Gasteiger partial charge in [0.25, 0.3) is 0 Å². The van der Waals surface area contributed by atoms with Gasteiger partial charge in [0, 0.05) is 29.9 Å². The largest absolute Gasteiger partial charge is 0.354 e. The summed E-state index contributed by atoms with van der Waals surface area (Å²) >= 11 is 1.53. The molecule has 0 saturated carbocycles. The molecule has 2 heterocycles. The molecule has 2 aromatic heterocycles. The summed E-state index contributed by atoms with van der Waals surface area (Å²) in [6.07, 6.45) is 3.80. The molecular weight excluding hydrogens is 344 g/mol. The number of thiazole rings is 1. The van der Waals surface area contributed by atoms with Gasteiger partial charge in [-0.15, -0.1) is 11.3 Å². The SMILES string of the molecule is CN(C)C(CNC(=O)Cc1csc(-c2cccnc2)n1)c1ccccc1. The van der Waals surface area contributed by atoms with Gasteiger partial charge in [0.2, 0.25) is 5.91 Å². The molecule has 6 heteroatoms. The summed E-state index contributed by atoms with van der Waals surface area (Å²) in [5, 5.41) is 5.85. The molecule has 0 bridgehead atoms. The van der Waals surface area contributed by atoms with Gasteiger partial charge in [-0.3, -0.25) is 9.78 Å². The number of carbonyl (C=O) groups excluding carboxylic acids is 1. The first kappa shape index (κ1) is 18.2. The first-order chi connectivity index (χ1) is 12.6. The van der Waals surface area contributed by atoms with Gasteiger partial charge < -0.3 is 10.2 Å². The summed E-state index contributed by atoms with van der Waals surface area (Å²) in [4.78, 5) is 23.1. The minimum absolute atomic E-state index is 0.0178. The molecule has 1 N–H and O–H groups in total. The summed E-state index contributed by atoms with van der Waals surface area (Å²) in [6, 6.07) is 14.2. The van der Waals surface area contributed by atoms with Crippen LogP contribution in [0.15, 0.2) is 60.2 Å². The van der Waals surface area contributed by atoms with E-state index in [1.54, 1.807) is 12.4 Å². The monoisotopic (exact) mass is 366 g/mol. The van der Waals surface area contributed by atoms with E-state index in [4.69, 9.17) is 0 Å². The number of benzene rings is 1. The lowest BCUT2D eigenvalue weighted by atomic mass is 10.1. The van der Waals surface area contributed by atoms with Crippen molar-refractivity contribution in [2.24, 2.45) is 0 Å². The molecule has 0 fully saturated rings. The second kappa shape index (κ2) is 8.69. The molecule has 26 heavy (non-hydrogen) atoms. The summed E-state index contributed by atoms with van der Waals surface area (Å²) in [5.41, 5.74) is 2.94. The molecule has 0 spiro atoms. The Bertz CT molecular complexity index is 833. The Morgan fingerprint density at radius 3 is 2.69 bits per heavy atom. The van der Waals surface area contributed by atoms with Crippen molar-refractivity contribution in [1.29, 1.82) is 0 Å². The average Bonchev–Trinajstić information content (AvgIpc) is 3.11. The average molecular weight is 366 g/mol. The highest BCUT2D eigenvalue weighted by Gasteiger charge is 2.16. The summed E-state index contributed by atoms with van der Waals surface area (Å²) in [5.74, 6) is -0.0178. The Morgan fingerprint density at radius 1 is 1.19 bits per heavy atom. The fraction of sp³-hybridized carbons (Fsp3) is 0.250. The molecule has 0 aliphatic heterocycles. The number of pyridine rings is 1. The first-order valence-corrected chi connectivity index (χ1v) is 9.34. The van der Waals surface area contributed by atoms with Crippen LogP contribution in [0.5, 0.6) is 0 Å². The summed E-state index contributed by atoms with van der Waals surface area (Å²) in [6.45, 7) is 0.565. The van der Waals surface area contributed by atoms with Crippen LogP contribution in [0, 0.1) is 0 Å². The van der Waals surface area contributed by atoms with Crippen molar-refractivity contribution in [3.05, 3.63) is 71.5 Å². The van der Waals surface area contributed by atoms with Gasteiger partial charge in [-0.05, 0) is 31.8 Å². The minimum Gasteiger partial charge on any atom is -0.354 e. The minimum atomic E-state index is -0.0178. The van der Waals surface area contributed by atoms with Crippen LogP contribution in [0.3, 0.4) is 0 Å². The second-order valence-corrected chi connectivity index (χ2v) is 7.11. The third-order valence-electron chi connectivity index (χ3n) is 4.10. The van der Waals surface area contributed by atoms with Crippen LogP contribution in [0.4, 0.5) is 0 Å². The maximum Gasteiger partial charge on any atom is 0.226 e. The van der Waals surface area contributed by atoms with Gasteiger partial charge in [0.15, 0.2) is 0 Å². The van der Waals surface area contributed by atoms with Crippen molar-refractivity contribution in [2.45, 2.75) is 12.5 Å². The smallest absolute Gasteiger partial charge is 0.226 e. The number of rotatable bonds is 7. The van der Waals surface area contributed by atoms with Gasteiger partial charge in [0.1, 0.15) is 5.01 Å². The number of nitrogens with one attached hydrogen (secondary N) is 1.